The van der Waals surface area contributed by atoms with E-state index in [1.807, 2.05) is 0 Å². The predicted octanol–water partition coefficient (Wildman–Crippen LogP) is 3.46. The molecule has 0 saturated heterocycles. The van der Waals surface area contributed by atoms with Crippen LogP contribution in [0.25, 0.3) is 6.08 Å². The van der Waals surface area contributed by atoms with Crippen LogP contribution in [0.4, 0.5) is 11.4 Å². The summed E-state index contributed by atoms with van der Waals surface area (Å²) >= 11 is 5.84. The van der Waals surface area contributed by atoms with Crippen molar-refractivity contribution in [3.63, 3.8) is 0 Å². The van der Waals surface area contributed by atoms with Gasteiger partial charge >= 0.3 is 0 Å². The first kappa shape index (κ1) is 19.7. The van der Waals surface area contributed by atoms with E-state index in [1.54, 1.807) is 42.5 Å². The van der Waals surface area contributed by atoms with Gasteiger partial charge in [-0.3, -0.25) is 9.03 Å². The minimum atomic E-state index is -3.72. The van der Waals surface area contributed by atoms with Crippen LogP contribution in [0, 0.1) is 0 Å². The van der Waals surface area contributed by atoms with E-state index in [4.69, 9.17) is 11.6 Å². The molecule has 1 N–H and O–H groups in total. The quantitative estimate of drug-likeness (QED) is 0.793. The van der Waals surface area contributed by atoms with Crippen LogP contribution in [0.1, 0.15) is 17.5 Å². The second kappa shape index (κ2) is 7.53. The number of nitrogens with zero attached hydrogens (tertiary/aromatic N) is 1. The summed E-state index contributed by atoms with van der Waals surface area (Å²) in [6.07, 6.45) is 3.78. The molecule has 0 fully saturated rings. The van der Waals surface area contributed by atoms with E-state index < -0.39 is 20.0 Å². The summed E-state index contributed by atoms with van der Waals surface area (Å²) in [5.41, 5.74) is 2.30. The Morgan fingerprint density at radius 2 is 1.78 bits per heavy atom. The molecule has 0 unspecified atom stereocenters. The van der Waals surface area contributed by atoms with Crippen molar-refractivity contribution in [3.8, 4) is 0 Å². The van der Waals surface area contributed by atoms with Gasteiger partial charge in [0.25, 0.3) is 10.0 Å². The lowest BCUT2D eigenvalue weighted by Gasteiger charge is -2.30. The van der Waals surface area contributed by atoms with Gasteiger partial charge in [0.1, 0.15) is 0 Å². The highest BCUT2D eigenvalue weighted by atomic mass is 35.5. The van der Waals surface area contributed by atoms with Crippen molar-refractivity contribution in [2.75, 3.05) is 21.8 Å². The molecule has 0 spiro atoms. The first-order chi connectivity index (χ1) is 12.7. The molecular weight excluding hydrogens is 408 g/mol. The highest BCUT2D eigenvalue weighted by molar-refractivity contribution is 7.95. The summed E-state index contributed by atoms with van der Waals surface area (Å²) in [5.74, 6) is 0. The van der Waals surface area contributed by atoms with Crippen molar-refractivity contribution >= 4 is 49.1 Å². The molecule has 0 atom stereocenters. The van der Waals surface area contributed by atoms with E-state index in [0.717, 1.165) is 11.7 Å². The number of benzene rings is 2. The second-order valence-electron chi connectivity index (χ2n) is 6.25. The van der Waals surface area contributed by atoms with E-state index in [-0.39, 0.29) is 0 Å². The van der Waals surface area contributed by atoms with Gasteiger partial charge in [0.2, 0.25) is 10.0 Å². The largest absolute Gasteiger partial charge is 0.283 e. The molecule has 6 nitrogen and oxygen atoms in total. The highest BCUT2D eigenvalue weighted by Gasteiger charge is 2.27. The third kappa shape index (κ3) is 4.82. The average molecular weight is 427 g/mol. The van der Waals surface area contributed by atoms with Gasteiger partial charge < -0.3 is 0 Å². The molecule has 0 saturated carbocycles. The SMILES string of the molecule is CS(=O)(=O)Nc1cccc2c1CCCN2S(=O)(=O)C=Cc1ccc(Cl)cc1. The van der Waals surface area contributed by atoms with E-state index >= 15 is 0 Å². The lowest BCUT2D eigenvalue weighted by atomic mass is 10.0. The van der Waals surface area contributed by atoms with E-state index in [2.05, 4.69) is 4.72 Å². The number of fused-ring (bicyclic) bond motifs is 1. The first-order valence-electron chi connectivity index (χ1n) is 8.22. The molecule has 0 radical (unpaired) electrons. The Kier molecular flexibility index (Phi) is 5.50. The smallest absolute Gasteiger partial charge is 0.257 e. The monoisotopic (exact) mass is 426 g/mol. The Hall–Kier alpha value is -2.03. The average Bonchev–Trinajstić information content (AvgIpc) is 2.60. The molecule has 0 aromatic heterocycles. The van der Waals surface area contributed by atoms with Crippen LogP contribution in [0.3, 0.4) is 0 Å². The maximum Gasteiger partial charge on any atom is 0.257 e. The third-order valence-corrected chi connectivity index (χ3v) is 6.43. The van der Waals surface area contributed by atoms with Gasteiger partial charge in [-0.15, -0.1) is 0 Å². The zero-order chi connectivity index (χ0) is 19.7. The Morgan fingerprint density at radius 1 is 1.07 bits per heavy atom. The zero-order valence-corrected chi connectivity index (χ0v) is 17.0. The van der Waals surface area contributed by atoms with Crippen LogP contribution in [0.15, 0.2) is 47.9 Å². The van der Waals surface area contributed by atoms with E-state index in [1.165, 1.54) is 10.4 Å². The molecule has 2 aromatic rings. The molecule has 0 aliphatic carbocycles. The van der Waals surface area contributed by atoms with Gasteiger partial charge in [-0.2, -0.15) is 0 Å². The minimum Gasteiger partial charge on any atom is -0.283 e. The van der Waals surface area contributed by atoms with Gasteiger partial charge in [0, 0.05) is 17.1 Å². The van der Waals surface area contributed by atoms with Gasteiger partial charge in [0.15, 0.2) is 0 Å². The summed E-state index contributed by atoms with van der Waals surface area (Å²) < 4.78 is 52.7. The Labute approximate surface area is 164 Å². The molecule has 2 aromatic carbocycles. The molecule has 0 bridgehead atoms. The van der Waals surface area contributed by atoms with Crippen LogP contribution < -0.4 is 9.03 Å². The Morgan fingerprint density at radius 3 is 2.44 bits per heavy atom. The second-order valence-corrected chi connectivity index (χ2v) is 10.2. The highest BCUT2D eigenvalue weighted by Crippen LogP contribution is 2.35. The van der Waals surface area contributed by atoms with Crippen molar-refractivity contribution in [2.24, 2.45) is 0 Å². The normalized spacial score (nSPS) is 15.0. The van der Waals surface area contributed by atoms with Gasteiger partial charge in [0.05, 0.1) is 23.0 Å². The summed E-state index contributed by atoms with van der Waals surface area (Å²) in [4.78, 5) is 0. The number of hydrogen-bond acceptors (Lipinski definition) is 4. The molecule has 1 aliphatic heterocycles. The molecule has 1 aliphatic rings. The molecular formula is C18H19ClN2O4S2. The molecule has 27 heavy (non-hydrogen) atoms. The standard InChI is InChI=1S/C18H19ClN2O4S2/c1-26(22,23)20-17-5-2-6-18-16(17)4-3-12-21(18)27(24,25)13-11-14-7-9-15(19)10-8-14/h2,5-11,13,20H,3-4,12H2,1H3. The fraction of sp³-hybridized carbons (Fsp3) is 0.222. The summed E-state index contributed by atoms with van der Waals surface area (Å²) in [6, 6.07) is 11.8. The number of nitrogens with one attached hydrogen (secondary N) is 1. The van der Waals surface area contributed by atoms with Gasteiger partial charge in [-0.25, -0.2) is 16.8 Å². The van der Waals surface area contributed by atoms with E-state index in [9.17, 15) is 16.8 Å². The van der Waals surface area contributed by atoms with Crippen LogP contribution in [-0.4, -0.2) is 29.6 Å². The van der Waals surface area contributed by atoms with Crippen molar-refractivity contribution in [1.29, 1.82) is 0 Å². The maximum atomic E-state index is 12.9. The lowest BCUT2D eigenvalue weighted by Crippen LogP contribution is -2.34. The van der Waals surface area contributed by atoms with Crippen molar-refractivity contribution in [1.82, 2.24) is 0 Å². The van der Waals surface area contributed by atoms with Gasteiger partial charge in [-0.1, -0.05) is 29.8 Å². The van der Waals surface area contributed by atoms with Crippen LogP contribution >= 0.6 is 11.6 Å². The van der Waals surface area contributed by atoms with Crippen molar-refractivity contribution < 1.29 is 16.8 Å². The Balaban J connectivity index is 1.95. The lowest BCUT2D eigenvalue weighted by molar-refractivity contribution is 0.595. The third-order valence-electron chi connectivity index (χ3n) is 4.11. The van der Waals surface area contributed by atoms with Crippen LogP contribution in [0.5, 0.6) is 0 Å². The zero-order valence-electron chi connectivity index (χ0n) is 14.6. The fourth-order valence-corrected chi connectivity index (χ4v) is 4.98. The predicted molar refractivity (Wildman–Crippen MR) is 110 cm³/mol. The summed E-state index contributed by atoms with van der Waals surface area (Å²) in [6.45, 7) is 0.336. The van der Waals surface area contributed by atoms with Crippen LogP contribution in [-0.2, 0) is 26.5 Å². The summed E-state index contributed by atoms with van der Waals surface area (Å²) in [5, 5.41) is 1.73. The Bertz CT molecular complexity index is 1080. The van der Waals surface area contributed by atoms with Crippen molar-refractivity contribution in [2.45, 2.75) is 12.8 Å². The molecule has 1 heterocycles. The molecule has 9 heteroatoms. The molecule has 3 rings (SSSR count). The fourth-order valence-electron chi connectivity index (χ4n) is 2.96. The minimum absolute atomic E-state index is 0.336. The number of anilines is 2. The number of hydrogen-bond donors (Lipinski definition) is 1. The number of rotatable bonds is 5. The van der Waals surface area contributed by atoms with Crippen LogP contribution in [0.2, 0.25) is 5.02 Å². The maximum absolute atomic E-state index is 12.9. The number of halogens is 1. The van der Waals surface area contributed by atoms with Gasteiger partial charge in [-0.05, 0) is 48.7 Å². The topological polar surface area (TPSA) is 83.6 Å². The van der Waals surface area contributed by atoms with E-state index in [0.29, 0.717) is 46.9 Å². The van der Waals surface area contributed by atoms with Crippen molar-refractivity contribution in [3.05, 3.63) is 64.0 Å². The molecule has 0 amide bonds. The first-order valence-corrected chi connectivity index (χ1v) is 12.0. The molecule has 144 valence electrons. The number of sulfonamides is 2. The summed E-state index contributed by atoms with van der Waals surface area (Å²) in [7, 11) is -7.18.